The molecule has 1 aliphatic heterocycles. The molecule has 1 unspecified atom stereocenters. The van der Waals surface area contributed by atoms with Crippen LogP contribution in [0.5, 0.6) is 0 Å². The average molecular weight is 287 g/mol. The number of hydrogen-bond donors (Lipinski definition) is 2. The number of amides is 2. The summed E-state index contributed by atoms with van der Waals surface area (Å²) in [5, 5.41) is 20.2. The standard InChI is InChI=1S/C11H17N3O4S/c1-19-5-2-9(10(15)16)13-11(17)14-3-4-18-8(6-12)7-14/h8-9H,2-5,7H2,1H3,(H,13,17)(H,15,16)/t8?,9-/m1/s1. The number of nitriles is 1. The first-order chi connectivity index (χ1) is 9.08. The van der Waals surface area contributed by atoms with E-state index in [0.29, 0.717) is 18.7 Å². The number of urea groups is 1. The molecule has 0 spiro atoms. The maximum absolute atomic E-state index is 11.9. The van der Waals surface area contributed by atoms with Crippen LogP contribution in [0.15, 0.2) is 0 Å². The molecule has 0 aliphatic carbocycles. The molecular weight excluding hydrogens is 270 g/mol. The molecule has 2 N–H and O–H groups in total. The number of carbonyl (C=O) groups excluding carboxylic acids is 1. The highest BCUT2D eigenvalue weighted by Gasteiger charge is 2.27. The van der Waals surface area contributed by atoms with Gasteiger partial charge in [0, 0.05) is 6.54 Å². The first-order valence-corrected chi connectivity index (χ1v) is 7.26. The molecule has 8 heteroatoms. The molecule has 0 aromatic carbocycles. The van der Waals surface area contributed by atoms with Crippen LogP contribution in [0.1, 0.15) is 6.42 Å². The second-order valence-corrected chi connectivity index (χ2v) is 5.04. The van der Waals surface area contributed by atoms with Crippen molar-refractivity contribution in [1.82, 2.24) is 10.2 Å². The lowest BCUT2D eigenvalue weighted by atomic mass is 10.2. The van der Waals surface area contributed by atoms with Crippen molar-refractivity contribution in [3.63, 3.8) is 0 Å². The summed E-state index contributed by atoms with van der Waals surface area (Å²) in [4.78, 5) is 24.4. The largest absolute Gasteiger partial charge is 0.480 e. The summed E-state index contributed by atoms with van der Waals surface area (Å²) < 4.78 is 5.12. The van der Waals surface area contributed by atoms with Gasteiger partial charge in [0.1, 0.15) is 6.04 Å². The first-order valence-electron chi connectivity index (χ1n) is 5.87. The predicted molar refractivity (Wildman–Crippen MR) is 69.9 cm³/mol. The van der Waals surface area contributed by atoms with E-state index in [4.69, 9.17) is 15.1 Å². The molecule has 7 nitrogen and oxygen atoms in total. The molecule has 19 heavy (non-hydrogen) atoms. The van der Waals surface area contributed by atoms with E-state index < -0.39 is 24.1 Å². The third-order valence-corrected chi connectivity index (χ3v) is 3.35. The maximum Gasteiger partial charge on any atom is 0.326 e. The summed E-state index contributed by atoms with van der Waals surface area (Å²) in [6.45, 7) is 0.810. The van der Waals surface area contributed by atoms with Gasteiger partial charge in [0.25, 0.3) is 0 Å². The normalized spacial score (nSPS) is 20.4. The highest BCUT2D eigenvalue weighted by Crippen LogP contribution is 2.06. The summed E-state index contributed by atoms with van der Waals surface area (Å²) in [6, 6.07) is 0.575. The molecule has 1 aliphatic rings. The van der Waals surface area contributed by atoms with Crippen molar-refractivity contribution >= 4 is 23.8 Å². The molecule has 0 aromatic heterocycles. The van der Waals surface area contributed by atoms with Gasteiger partial charge in [-0.2, -0.15) is 17.0 Å². The van der Waals surface area contributed by atoms with Crippen LogP contribution in [-0.2, 0) is 9.53 Å². The minimum atomic E-state index is -1.05. The van der Waals surface area contributed by atoms with Crippen LogP contribution in [0.2, 0.25) is 0 Å². The van der Waals surface area contributed by atoms with Gasteiger partial charge in [-0.15, -0.1) is 0 Å². The zero-order chi connectivity index (χ0) is 14.3. The molecule has 2 amide bonds. The summed E-state index contributed by atoms with van der Waals surface area (Å²) in [5.74, 6) is -0.395. The Morgan fingerprint density at radius 2 is 2.42 bits per heavy atom. The second-order valence-electron chi connectivity index (χ2n) is 4.06. The number of hydrogen-bond acceptors (Lipinski definition) is 5. The minimum absolute atomic E-state index is 0.164. The van der Waals surface area contributed by atoms with Crippen molar-refractivity contribution in [2.45, 2.75) is 18.6 Å². The van der Waals surface area contributed by atoms with Crippen LogP contribution >= 0.6 is 11.8 Å². The topological polar surface area (TPSA) is 103 Å². The van der Waals surface area contributed by atoms with Gasteiger partial charge in [-0.05, 0) is 18.4 Å². The van der Waals surface area contributed by atoms with E-state index in [1.165, 1.54) is 16.7 Å². The van der Waals surface area contributed by atoms with Crippen LogP contribution in [0.4, 0.5) is 4.79 Å². The number of carboxylic acids is 1. The Kier molecular flexibility index (Phi) is 6.45. The summed E-state index contributed by atoms with van der Waals surface area (Å²) in [5.41, 5.74) is 0. The van der Waals surface area contributed by atoms with Gasteiger partial charge in [0.05, 0.1) is 19.2 Å². The average Bonchev–Trinajstić information content (AvgIpc) is 2.42. The van der Waals surface area contributed by atoms with E-state index in [1.54, 1.807) is 0 Å². The van der Waals surface area contributed by atoms with Crippen LogP contribution in [0.3, 0.4) is 0 Å². The molecule has 1 fully saturated rings. The van der Waals surface area contributed by atoms with Crippen molar-refractivity contribution in [2.75, 3.05) is 31.7 Å². The lowest BCUT2D eigenvalue weighted by molar-refractivity contribution is -0.139. The fraction of sp³-hybridized carbons (Fsp3) is 0.727. The monoisotopic (exact) mass is 287 g/mol. The molecule has 2 atom stereocenters. The zero-order valence-corrected chi connectivity index (χ0v) is 11.5. The van der Waals surface area contributed by atoms with Crippen molar-refractivity contribution in [3.05, 3.63) is 0 Å². The minimum Gasteiger partial charge on any atom is -0.480 e. The number of thioether (sulfide) groups is 1. The number of carbonyl (C=O) groups is 2. The highest BCUT2D eigenvalue weighted by atomic mass is 32.2. The Bertz CT molecular complexity index is 371. The predicted octanol–water partition coefficient (Wildman–Crippen LogP) is 0.127. The fourth-order valence-corrected chi connectivity index (χ4v) is 2.12. The third kappa shape index (κ3) is 4.96. The molecule has 0 saturated carbocycles. The van der Waals surface area contributed by atoms with Crippen LogP contribution in [0, 0.1) is 11.3 Å². The van der Waals surface area contributed by atoms with Crippen molar-refractivity contribution < 1.29 is 19.4 Å². The molecule has 0 bridgehead atoms. The fourth-order valence-electron chi connectivity index (χ4n) is 1.65. The number of carboxylic acid groups (broad SMARTS) is 1. The number of rotatable bonds is 5. The molecule has 106 valence electrons. The van der Waals surface area contributed by atoms with E-state index in [2.05, 4.69) is 5.32 Å². The van der Waals surface area contributed by atoms with Crippen LogP contribution < -0.4 is 5.32 Å². The second kappa shape index (κ2) is 7.86. The number of nitrogens with one attached hydrogen (secondary N) is 1. The smallest absolute Gasteiger partial charge is 0.326 e. The van der Waals surface area contributed by atoms with E-state index in [9.17, 15) is 9.59 Å². The van der Waals surface area contributed by atoms with Crippen molar-refractivity contribution in [1.29, 1.82) is 5.26 Å². The molecular formula is C11H17N3O4S. The zero-order valence-electron chi connectivity index (χ0n) is 10.7. The van der Waals surface area contributed by atoms with Crippen LogP contribution in [-0.4, -0.2) is 65.9 Å². The lowest BCUT2D eigenvalue weighted by Gasteiger charge is -2.30. The first kappa shape index (κ1) is 15.6. The lowest BCUT2D eigenvalue weighted by Crippen LogP contribution is -2.53. The Labute approximate surface area is 115 Å². The van der Waals surface area contributed by atoms with Crippen molar-refractivity contribution in [3.8, 4) is 6.07 Å². The Morgan fingerprint density at radius 3 is 3.00 bits per heavy atom. The SMILES string of the molecule is CSCC[C@@H](NC(=O)N1CCOC(C#N)C1)C(=O)O. The molecule has 1 rings (SSSR count). The summed E-state index contributed by atoms with van der Waals surface area (Å²) in [7, 11) is 0. The molecule has 1 heterocycles. The third-order valence-electron chi connectivity index (χ3n) is 2.70. The Hall–Kier alpha value is -1.46. The number of ether oxygens (including phenoxy) is 1. The maximum atomic E-state index is 11.9. The Balaban J connectivity index is 2.51. The van der Waals surface area contributed by atoms with Gasteiger partial charge in [0.2, 0.25) is 0 Å². The van der Waals surface area contributed by atoms with Gasteiger partial charge in [0.15, 0.2) is 6.10 Å². The van der Waals surface area contributed by atoms with Gasteiger partial charge in [-0.1, -0.05) is 0 Å². The van der Waals surface area contributed by atoms with Gasteiger partial charge in [-0.25, -0.2) is 9.59 Å². The van der Waals surface area contributed by atoms with E-state index in [0.717, 1.165) is 0 Å². The highest BCUT2D eigenvalue weighted by molar-refractivity contribution is 7.98. The Morgan fingerprint density at radius 1 is 1.68 bits per heavy atom. The van der Waals surface area contributed by atoms with Gasteiger partial charge < -0.3 is 20.1 Å². The van der Waals surface area contributed by atoms with Crippen molar-refractivity contribution in [2.24, 2.45) is 0 Å². The van der Waals surface area contributed by atoms with Gasteiger partial charge >= 0.3 is 12.0 Å². The molecule has 0 radical (unpaired) electrons. The quantitative estimate of drug-likeness (QED) is 0.745. The van der Waals surface area contributed by atoms with E-state index in [1.807, 2.05) is 12.3 Å². The summed E-state index contributed by atoms with van der Waals surface area (Å²) in [6.07, 6.45) is 1.60. The number of nitrogens with zero attached hydrogens (tertiary/aromatic N) is 2. The molecule has 0 aromatic rings. The van der Waals surface area contributed by atoms with E-state index >= 15 is 0 Å². The van der Waals surface area contributed by atoms with E-state index in [-0.39, 0.29) is 13.2 Å². The number of aliphatic carboxylic acids is 1. The molecule has 1 saturated heterocycles. The summed E-state index contributed by atoms with van der Waals surface area (Å²) >= 11 is 1.52. The van der Waals surface area contributed by atoms with Gasteiger partial charge in [-0.3, -0.25) is 0 Å². The number of morpholine rings is 1. The van der Waals surface area contributed by atoms with Crippen LogP contribution in [0.25, 0.3) is 0 Å².